The lowest BCUT2D eigenvalue weighted by atomic mass is 9.92. The van der Waals surface area contributed by atoms with E-state index < -0.39 is 0 Å². The fraction of sp³-hybridized carbons (Fsp3) is 0.647. The molecule has 0 aliphatic heterocycles. The first kappa shape index (κ1) is 15.3. The smallest absolute Gasteiger partial charge is 0.0633 e. The van der Waals surface area contributed by atoms with Crippen molar-refractivity contribution in [2.45, 2.75) is 45.2 Å². The van der Waals surface area contributed by atoms with Gasteiger partial charge in [-0.3, -0.25) is 0 Å². The van der Waals surface area contributed by atoms with Crippen LogP contribution in [0.5, 0.6) is 0 Å². The molecule has 0 radical (unpaired) electrons. The Morgan fingerprint density at radius 1 is 1.35 bits per heavy atom. The van der Waals surface area contributed by atoms with Crippen molar-refractivity contribution in [3.8, 4) is 0 Å². The molecule has 0 spiro atoms. The van der Waals surface area contributed by atoms with E-state index in [0.717, 1.165) is 6.54 Å². The van der Waals surface area contributed by atoms with Crippen LogP contribution in [0.2, 0.25) is 0 Å². The van der Waals surface area contributed by atoms with Gasteiger partial charge in [-0.15, -0.1) is 0 Å². The van der Waals surface area contributed by atoms with Gasteiger partial charge in [0.25, 0.3) is 0 Å². The molecule has 1 aromatic carbocycles. The van der Waals surface area contributed by atoms with Crippen molar-refractivity contribution in [1.29, 1.82) is 0 Å². The van der Waals surface area contributed by atoms with Gasteiger partial charge in [0.05, 0.1) is 12.1 Å². The Bertz CT molecular complexity index is 442. The SMILES string of the molecule is Cc1ccccc1N(C)CC(CO)(NC(C)C)C1CC1. The number of hydrogen-bond acceptors (Lipinski definition) is 3. The maximum Gasteiger partial charge on any atom is 0.0633 e. The highest BCUT2D eigenvalue weighted by Crippen LogP contribution is 2.40. The Morgan fingerprint density at radius 2 is 2.00 bits per heavy atom. The van der Waals surface area contributed by atoms with E-state index in [1.54, 1.807) is 0 Å². The molecule has 1 aliphatic carbocycles. The maximum absolute atomic E-state index is 10.0. The number of aliphatic hydroxyl groups is 1. The molecule has 1 unspecified atom stereocenters. The van der Waals surface area contributed by atoms with E-state index in [4.69, 9.17) is 0 Å². The molecule has 3 nitrogen and oxygen atoms in total. The average Bonchev–Trinajstić information content (AvgIpc) is 3.22. The van der Waals surface area contributed by atoms with E-state index in [1.807, 2.05) is 0 Å². The van der Waals surface area contributed by atoms with Gasteiger partial charge in [-0.25, -0.2) is 0 Å². The summed E-state index contributed by atoms with van der Waals surface area (Å²) in [5, 5.41) is 13.6. The largest absolute Gasteiger partial charge is 0.394 e. The number of para-hydroxylation sites is 1. The van der Waals surface area contributed by atoms with Gasteiger partial charge in [0.2, 0.25) is 0 Å². The van der Waals surface area contributed by atoms with E-state index in [2.05, 4.69) is 62.3 Å². The third-order valence-corrected chi connectivity index (χ3v) is 4.26. The van der Waals surface area contributed by atoms with Crippen LogP contribution >= 0.6 is 0 Å². The topological polar surface area (TPSA) is 35.5 Å². The average molecular weight is 276 g/mol. The minimum Gasteiger partial charge on any atom is -0.394 e. The number of anilines is 1. The molecule has 112 valence electrons. The molecule has 1 fully saturated rings. The number of nitrogens with one attached hydrogen (secondary N) is 1. The molecule has 0 saturated heterocycles. The Morgan fingerprint density at radius 3 is 2.50 bits per heavy atom. The van der Waals surface area contributed by atoms with Gasteiger partial charge in [0, 0.05) is 25.3 Å². The Labute approximate surface area is 123 Å². The first-order valence-electron chi connectivity index (χ1n) is 7.64. The van der Waals surface area contributed by atoms with Gasteiger partial charge in [0.1, 0.15) is 0 Å². The predicted molar refractivity (Wildman–Crippen MR) is 85.3 cm³/mol. The van der Waals surface area contributed by atoms with Gasteiger partial charge >= 0.3 is 0 Å². The van der Waals surface area contributed by atoms with E-state index >= 15 is 0 Å². The fourth-order valence-electron chi connectivity index (χ4n) is 3.23. The van der Waals surface area contributed by atoms with E-state index in [0.29, 0.717) is 12.0 Å². The number of rotatable bonds is 7. The second-order valence-electron chi connectivity index (χ2n) is 6.53. The van der Waals surface area contributed by atoms with Crippen molar-refractivity contribution in [3.63, 3.8) is 0 Å². The lowest BCUT2D eigenvalue weighted by molar-refractivity contribution is 0.136. The summed E-state index contributed by atoms with van der Waals surface area (Å²) < 4.78 is 0. The summed E-state index contributed by atoms with van der Waals surface area (Å²) in [6.45, 7) is 7.49. The quantitative estimate of drug-likeness (QED) is 0.803. The van der Waals surface area contributed by atoms with Crippen molar-refractivity contribution >= 4 is 5.69 Å². The number of nitrogens with zero attached hydrogens (tertiary/aromatic N) is 1. The number of likely N-dealkylation sites (N-methyl/N-ethyl adjacent to an activating group) is 1. The first-order chi connectivity index (χ1) is 9.48. The van der Waals surface area contributed by atoms with E-state index in [-0.39, 0.29) is 12.1 Å². The van der Waals surface area contributed by atoms with Crippen LogP contribution in [0, 0.1) is 12.8 Å². The zero-order chi connectivity index (χ0) is 14.8. The summed E-state index contributed by atoms with van der Waals surface area (Å²) in [5.74, 6) is 0.598. The third kappa shape index (κ3) is 3.33. The minimum atomic E-state index is -0.175. The molecule has 3 heteroatoms. The van der Waals surface area contributed by atoms with Crippen molar-refractivity contribution in [3.05, 3.63) is 29.8 Å². The molecule has 0 heterocycles. The van der Waals surface area contributed by atoms with E-state index in [9.17, 15) is 5.11 Å². The molecule has 0 aromatic heterocycles. The number of hydrogen-bond donors (Lipinski definition) is 2. The molecule has 1 aromatic rings. The van der Waals surface area contributed by atoms with Gasteiger partial charge in [-0.05, 0) is 37.3 Å². The molecule has 1 aliphatic rings. The highest BCUT2D eigenvalue weighted by molar-refractivity contribution is 5.52. The highest BCUT2D eigenvalue weighted by Gasteiger charge is 2.45. The van der Waals surface area contributed by atoms with Crippen LogP contribution in [0.1, 0.15) is 32.3 Å². The summed E-state index contributed by atoms with van der Waals surface area (Å²) in [4.78, 5) is 2.28. The van der Waals surface area contributed by atoms with Crippen molar-refractivity contribution in [1.82, 2.24) is 5.32 Å². The van der Waals surface area contributed by atoms with Gasteiger partial charge in [-0.2, -0.15) is 0 Å². The van der Waals surface area contributed by atoms with Gasteiger partial charge in [-0.1, -0.05) is 32.0 Å². The molecule has 0 amide bonds. The second kappa shape index (κ2) is 6.15. The summed E-state index contributed by atoms with van der Waals surface area (Å²) >= 11 is 0. The minimum absolute atomic E-state index is 0.175. The molecule has 20 heavy (non-hydrogen) atoms. The lowest BCUT2D eigenvalue weighted by Gasteiger charge is -2.39. The first-order valence-corrected chi connectivity index (χ1v) is 7.64. The normalized spacial score (nSPS) is 18.1. The van der Waals surface area contributed by atoms with Crippen molar-refractivity contribution < 1.29 is 5.11 Å². The fourth-order valence-corrected chi connectivity index (χ4v) is 3.23. The van der Waals surface area contributed by atoms with E-state index in [1.165, 1.54) is 24.1 Å². The zero-order valence-electron chi connectivity index (χ0n) is 13.2. The third-order valence-electron chi connectivity index (χ3n) is 4.26. The zero-order valence-corrected chi connectivity index (χ0v) is 13.2. The van der Waals surface area contributed by atoms with Crippen LogP contribution in [0.3, 0.4) is 0 Å². The van der Waals surface area contributed by atoms with Crippen LogP contribution < -0.4 is 10.2 Å². The molecule has 1 atom stereocenters. The van der Waals surface area contributed by atoms with Crippen LogP contribution in [0.4, 0.5) is 5.69 Å². The second-order valence-corrected chi connectivity index (χ2v) is 6.53. The predicted octanol–water partition coefficient (Wildman–Crippen LogP) is 2.57. The number of benzene rings is 1. The number of aliphatic hydroxyl groups excluding tert-OH is 1. The van der Waals surface area contributed by atoms with Crippen LogP contribution in [0.15, 0.2) is 24.3 Å². The molecular weight excluding hydrogens is 248 g/mol. The molecule has 2 N–H and O–H groups in total. The summed E-state index contributed by atoms with van der Waals surface area (Å²) in [6.07, 6.45) is 2.45. The monoisotopic (exact) mass is 276 g/mol. The molecule has 2 rings (SSSR count). The molecular formula is C17H28N2O. The Kier molecular flexibility index (Phi) is 4.71. The Balaban J connectivity index is 2.17. The molecule has 1 saturated carbocycles. The summed E-state index contributed by atoms with van der Waals surface area (Å²) in [5.41, 5.74) is 2.35. The van der Waals surface area contributed by atoms with Crippen LogP contribution in [0.25, 0.3) is 0 Å². The van der Waals surface area contributed by atoms with Crippen molar-refractivity contribution in [2.75, 3.05) is 25.1 Å². The standard InChI is InChI=1S/C17H28N2O/c1-13(2)18-17(12-20,15-9-10-15)11-19(4)16-8-6-5-7-14(16)3/h5-8,13,15,18,20H,9-12H2,1-4H3. The summed E-state index contributed by atoms with van der Waals surface area (Å²) in [6, 6.07) is 8.82. The highest BCUT2D eigenvalue weighted by atomic mass is 16.3. The van der Waals surface area contributed by atoms with Gasteiger partial charge in [0.15, 0.2) is 0 Å². The van der Waals surface area contributed by atoms with Gasteiger partial charge < -0.3 is 15.3 Å². The number of aryl methyl sites for hydroxylation is 1. The van der Waals surface area contributed by atoms with Crippen molar-refractivity contribution in [2.24, 2.45) is 5.92 Å². The molecule has 0 bridgehead atoms. The van der Waals surface area contributed by atoms with Crippen LogP contribution in [-0.2, 0) is 0 Å². The van der Waals surface area contributed by atoms with Crippen LogP contribution in [-0.4, -0.2) is 36.9 Å². The maximum atomic E-state index is 10.0. The lowest BCUT2D eigenvalue weighted by Crippen LogP contribution is -2.59. The Hall–Kier alpha value is -1.06. The summed E-state index contributed by atoms with van der Waals surface area (Å²) in [7, 11) is 2.12.